The highest BCUT2D eigenvalue weighted by atomic mass is 16.8. The molecule has 3 aliphatic rings. The molecule has 0 amide bonds. The first-order valence-corrected chi connectivity index (χ1v) is 6.80. The summed E-state index contributed by atoms with van der Waals surface area (Å²) >= 11 is 0. The largest absolute Gasteiger partial charge is 0.376 e. The fourth-order valence-electron chi connectivity index (χ4n) is 3.37. The number of ether oxygens (including phenoxy) is 4. The number of hydrogen-bond acceptors (Lipinski definition) is 4. The minimum absolute atomic E-state index is 0.0534. The average molecular weight is 242 g/mol. The van der Waals surface area contributed by atoms with Crippen molar-refractivity contribution >= 4 is 0 Å². The summed E-state index contributed by atoms with van der Waals surface area (Å²) in [5.41, 5.74) is 0. The third-order valence-electron chi connectivity index (χ3n) is 4.25. The zero-order valence-electron chi connectivity index (χ0n) is 10.6. The fourth-order valence-corrected chi connectivity index (χ4v) is 3.37. The lowest BCUT2D eigenvalue weighted by molar-refractivity contribution is -0.406. The molecular formula is C13H22O4. The Morgan fingerprint density at radius 1 is 1.00 bits per heavy atom. The molecule has 2 spiro atoms. The molecule has 0 radical (unpaired) electrons. The van der Waals surface area contributed by atoms with Crippen LogP contribution in [-0.4, -0.2) is 38.0 Å². The van der Waals surface area contributed by atoms with E-state index in [2.05, 4.69) is 0 Å². The Kier molecular flexibility index (Phi) is 3.15. The van der Waals surface area contributed by atoms with Crippen molar-refractivity contribution in [2.24, 2.45) is 0 Å². The van der Waals surface area contributed by atoms with E-state index in [-0.39, 0.29) is 11.9 Å². The standard InChI is InChI=1S/C13H22O4/c1-14-11-5-8-12(6-4-10-15-12)17-13(11)7-2-3-9-16-13/h11H,2-10H2,1H3/t11-,12-,13+/m1/s1. The van der Waals surface area contributed by atoms with E-state index in [1.54, 1.807) is 7.11 Å². The average Bonchev–Trinajstić information content (AvgIpc) is 2.79. The van der Waals surface area contributed by atoms with Crippen molar-refractivity contribution in [1.29, 1.82) is 0 Å². The highest BCUT2D eigenvalue weighted by molar-refractivity contribution is 4.93. The summed E-state index contributed by atoms with van der Waals surface area (Å²) in [5, 5.41) is 0. The predicted molar refractivity (Wildman–Crippen MR) is 61.6 cm³/mol. The van der Waals surface area contributed by atoms with Gasteiger partial charge in [0.25, 0.3) is 0 Å². The van der Waals surface area contributed by atoms with E-state index in [9.17, 15) is 0 Å². The van der Waals surface area contributed by atoms with E-state index in [0.717, 1.165) is 58.2 Å². The van der Waals surface area contributed by atoms with Gasteiger partial charge in [0.05, 0.1) is 13.2 Å². The van der Waals surface area contributed by atoms with Crippen molar-refractivity contribution in [3.63, 3.8) is 0 Å². The van der Waals surface area contributed by atoms with Gasteiger partial charge in [-0.3, -0.25) is 0 Å². The molecule has 3 saturated heterocycles. The summed E-state index contributed by atoms with van der Waals surface area (Å²) in [5.74, 6) is -0.929. The fraction of sp³-hybridized carbons (Fsp3) is 1.00. The Hall–Kier alpha value is -0.160. The van der Waals surface area contributed by atoms with Gasteiger partial charge in [-0.2, -0.15) is 0 Å². The van der Waals surface area contributed by atoms with Crippen LogP contribution in [0.25, 0.3) is 0 Å². The molecule has 0 saturated carbocycles. The van der Waals surface area contributed by atoms with Crippen LogP contribution in [0.5, 0.6) is 0 Å². The van der Waals surface area contributed by atoms with Crippen molar-refractivity contribution in [1.82, 2.24) is 0 Å². The SMILES string of the molecule is CO[C@@H]1CC[C@@]2(CCCO2)O[C@@]12CCCCO2. The highest BCUT2D eigenvalue weighted by Gasteiger charge is 2.54. The predicted octanol–water partition coefficient (Wildman–Crippen LogP) is 2.22. The van der Waals surface area contributed by atoms with Gasteiger partial charge in [0, 0.05) is 26.4 Å². The van der Waals surface area contributed by atoms with Gasteiger partial charge in [0.15, 0.2) is 11.6 Å². The Bertz CT molecular complexity index is 267. The van der Waals surface area contributed by atoms with E-state index >= 15 is 0 Å². The Morgan fingerprint density at radius 2 is 1.88 bits per heavy atom. The topological polar surface area (TPSA) is 36.9 Å². The minimum Gasteiger partial charge on any atom is -0.376 e. The van der Waals surface area contributed by atoms with Gasteiger partial charge in [-0.05, 0) is 25.7 Å². The first-order chi connectivity index (χ1) is 8.29. The molecule has 3 heterocycles. The monoisotopic (exact) mass is 242 g/mol. The third-order valence-corrected chi connectivity index (χ3v) is 4.25. The van der Waals surface area contributed by atoms with E-state index in [0.29, 0.717) is 0 Å². The minimum atomic E-state index is -0.546. The van der Waals surface area contributed by atoms with Gasteiger partial charge in [-0.15, -0.1) is 0 Å². The lowest BCUT2D eigenvalue weighted by Gasteiger charge is -2.50. The second kappa shape index (κ2) is 4.50. The molecule has 0 aromatic rings. The third kappa shape index (κ3) is 2.01. The summed E-state index contributed by atoms with van der Waals surface area (Å²) < 4.78 is 23.7. The molecule has 3 atom stereocenters. The smallest absolute Gasteiger partial charge is 0.197 e. The first-order valence-electron chi connectivity index (χ1n) is 6.80. The van der Waals surface area contributed by atoms with Crippen LogP contribution < -0.4 is 0 Å². The van der Waals surface area contributed by atoms with Crippen LogP contribution in [0, 0.1) is 0 Å². The summed E-state index contributed by atoms with van der Waals surface area (Å²) in [7, 11) is 1.75. The van der Waals surface area contributed by atoms with Crippen LogP contribution in [-0.2, 0) is 18.9 Å². The molecule has 4 nitrogen and oxygen atoms in total. The zero-order valence-corrected chi connectivity index (χ0v) is 10.6. The highest BCUT2D eigenvalue weighted by Crippen LogP contribution is 2.46. The maximum Gasteiger partial charge on any atom is 0.197 e. The van der Waals surface area contributed by atoms with E-state index in [4.69, 9.17) is 18.9 Å². The van der Waals surface area contributed by atoms with Crippen LogP contribution in [0.3, 0.4) is 0 Å². The molecule has 17 heavy (non-hydrogen) atoms. The molecule has 4 heteroatoms. The van der Waals surface area contributed by atoms with Crippen molar-refractivity contribution in [3.8, 4) is 0 Å². The molecule has 3 fully saturated rings. The van der Waals surface area contributed by atoms with Gasteiger partial charge < -0.3 is 18.9 Å². The number of rotatable bonds is 1. The normalized spacial score (nSPS) is 46.8. The maximum atomic E-state index is 6.30. The zero-order chi connectivity index (χ0) is 11.8. The molecule has 98 valence electrons. The van der Waals surface area contributed by atoms with E-state index in [1.807, 2.05) is 0 Å². The van der Waals surface area contributed by atoms with Crippen LogP contribution in [0.2, 0.25) is 0 Å². The van der Waals surface area contributed by atoms with Gasteiger partial charge >= 0.3 is 0 Å². The van der Waals surface area contributed by atoms with Crippen LogP contribution >= 0.6 is 0 Å². The van der Waals surface area contributed by atoms with Crippen LogP contribution in [0.4, 0.5) is 0 Å². The molecule has 0 N–H and O–H groups in total. The lowest BCUT2D eigenvalue weighted by Crippen LogP contribution is -2.59. The molecule has 3 rings (SSSR count). The number of methoxy groups -OCH3 is 1. The molecule has 0 aromatic heterocycles. The molecule has 0 aromatic carbocycles. The van der Waals surface area contributed by atoms with Crippen molar-refractivity contribution in [3.05, 3.63) is 0 Å². The summed E-state index contributed by atoms with van der Waals surface area (Å²) in [6.45, 7) is 1.59. The summed E-state index contributed by atoms with van der Waals surface area (Å²) in [6.07, 6.45) is 7.23. The summed E-state index contributed by atoms with van der Waals surface area (Å²) in [6, 6.07) is 0. The first kappa shape index (κ1) is 11.9. The lowest BCUT2D eigenvalue weighted by atomic mass is 9.89. The van der Waals surface area contributed by atoms with Gasteiger partial charge in [-0.25, -0.2) is 0 Å². The van der Waals surface area contributed by atoms with E-state index < -0.39 is 5.79 Å². The quantitative estimate of drug-likeness (QED) is 0.706. The molecular weight excluding hydrogens is 220 g/mol. The molecule has 0 unspecified atom stereocenters. The number of hydrogen-bond donors (Lipinski definition) is 0. The Labute approximate surface area is 103 Å². The van der Waals surface area contributed by atoms with E-state index in [1.165, 1.54) is 0 Å². The maximum absolute atomic E-state index is 6.30. The molecule has 0 bridgehead atoms. The second-order valence-electron chi connectivity index (χ2n) is 5.35. The van der Waals surface area contributed by atoms with Crippen molar-refractivity contribution in [2.45, 2.75) is 62.6 Å². The van der Waals surface area contributed by atoms with Crippen LogP contribution in [0.15, 0.2) is 0 Å². The Balaban J connectivity index is 1.80. The van der Waals surface area contributed by atoms with Gasteiger partial charge in [0.1, 0.15) is 6.10 Å². The van der Waals surface area contributed by atoms with Crippen molar-refractivity contribution < 1.29 is 18.9 Å². The van der Waals surface area contributed by atoms with Crippen LogP contribution in [0.1, 0.15) is 44.9 Å². The summed E-state index contributed by atoms with van der Waals surface area (Å²) in [4.78, 5) is 0. The van der Waals surface area contributed by atoms with Gasteiger partial charge in [-0.1, -0.05) is 0 Å². The van der Waals surface area contributed by atoms with Gasteiger partial charge in [0.2, 0.25) is 0 Å². The van der Waals surface area contributed by atoms with Crippen molar-refractivity contribution in [2.75, 3.05) is 20.3 Å². The molecule has 3 aliphatic heterocycles. The Morgan fingerprint density at radius 3 is 2.53 bits per heavy atom. The second-order valence-corrected chi connectivity index (χ2v) is 5.35. The molecule has 0 aliphatic carbocycles.